The molecular formula is C16H14Br2ClNS. The Morgan fingerprint density at radius 1 is 1.14 bits per heavy atom. The molecule has 1 nitrogen and oxygen atoms in total. The Morgan fingerprint density at radius 3 is 2.81 bits per heavy atom. The van der Waals surface area contributed by atoms with Gasteiger partial charge in [-0.3, -0.25) is 0 Å². The van der Waals surface area contributed by atoms with Gasteiger partial charge in [-0.25, -0.2) is 0 Å². The van der Waals surface area contributed by atoms with Gasteiger partial charge in [0.1, 0.15) is 0 Å². The van der Waals surface area contributed by atoms with E-state index in [1.807, 2.05) is 17.8 Å². The van der Waals surface area contributed by atoms with Gasteiger partial charge in [0, 0.05) is 31.5 Å². The van der Waals surface area contributed by atoms with E-state index in [4.69, 9.17) is 11.6 Å². The molecule has 0 saturated carbocycles. The van der Waals surface area contributed by atoms with Crippen molar-refractivity contribution in [3.05, 3.63) is 61.5 Å². The molecule has 2 aromatic rings. The van der Waals surface area contributed by atoms with Gasteiger partial charge < -0.3 is 5.32 Å². The van der Waals surface area contributed by atoms with E-state index in [1.165, 1.54) is 16.0 Å². The van der Waals surface area contributed by atoms with Crippen molar-refractivity contribution in [3.8, 4) is 0 Å². The van der Waals surface area contributed by atoms with Crippen LogP contribution in [0, 0.1) is 0 Å². The molecule has 5 heteroatoms. The Bertz CT molecular complexity index is 663. The summed E-state index contributed by atoms with van der Waals surface area (Å²) in [7, 11) is 0. The SMILES string of the molecule is Clc1ccc2c(c1)C(NCc1ccc(Br)c(Br)c1)CCS2. The molecule has 1 N–H and O–H groups in total. The maximum atomic E-state index is 6.15. The van der Waals surface area contributed by atoms with E-state index in [0.717, 1.165) is 32.7 Å². The summed E-state index contributed by atoms with van der Waals surface area (Å²) in [5.41, 5.74) is 2.60. The van der Waals surface area contributed by atoms with Crippen molar-refractivity contribution in [3.63, 3.8) is 0 Å². The van der Waals surface area contributed by atoms with Crippen molar-refractivity contribution in [2.45, 2.75) is 23.9 Å². The predicted octanol–water partition coefficient (Wildman–Crippen LogP) is 6.19. The number of fused-ring (bicyclic) bond motifs is 1. The second-order valence-electron chi connectivity index (χ2n) is 5.00. The summed E-state index contributed by atoms with van der Waals surface area (Å²) in [4.78, 5) is 1.35. The summed E-state index contributed by atoms with van der Waals surface area (Å²) in [6.07, 6.45) is 1.13. The summed E-state index contributed by atoms with van der Waals surface area (Å²) in [6.45, 7) is 0.854. The number of rotatable bonds is 3. The molecule has 0 aliphatic carbocycles. The fraction of sp³-hybridized carbons (Fsp3) is 0.250. The third kappa shape index (κ3) is 3.85. The van der Waals surface area contributed by atoms with Crippen LogP contribution >= 0.6 is 55.2 Å². The van der Waals surface area contributed by atoms with E-state index in [-0.39, 0.29) is 0 Å². The molecule has 0 bridgehead atoms. The van der Waals surface area contributed by atoms with Crippen LogP contribution in [-0.2, 0) is 6.54 Å². The van der Waals surface area contributed by atoms with Crippen LogP contribution in [0.2, 0.25) is 5.02 Å². The zero-order valence-electron chi connectivity index (χ0n) is 11.2. The maximum Gasteiger partial charge on any atom is 0.0410 e. The lowest BCUT2D eigenvalue weighted by Gasteiger charge is -2.26. The largest absolute Gasteiger partial charge is 0.306 e. The van der Waals surface area contributed by atoms with Crippen LogP contribution in [-0.4, -0.2) is 5.75 Å². The van der Waals surface area contributed by atoms with Crippen molar-refractivity contribution in [1.29, 1.82) is 0 Å². The zero-order chi connectivity index (χ0) is 14.8. The van der Waals surface area contributed by atoms with E-state index < -0.39 is 0 Å². The van der Waals surface area contributed by atoms with Crippen molar-refractivity contribution >= 4 is 55.2 Å². The molecule has 1 aliphatic heterocycles. The summed E-state index contributed by atoms with van der Waals surface area (Å²) in [5.74, 6) is 1.15. The Balaban J connectivity index is 1.74. The highest BCUT2D eigenvalue weighted by Gasteiger charge is 2.20. The predicted molar refractivity (Wildman–Crippen MR) is 98.2 cm³/mol. The van der Waals surface area contributed by atoms with Crippen molar-refractivity contribution in [2.75, 3.05) is 5.75 Å². The molecule has 0 fully saturated rings. The van der Waals surface area contributed by atoms with E-state index >= 15 is 0 Å². The molecule has 1 unspecified atom stereocenters. The number of hydrogen-bond donors (Lipinski definition) is 1. The third-order valence-electron chi connectivity index (χ3n) is 3.55. The second-order valence-corrected chi connectivity index (χ2v) is 8.28. The first-order valence-electron chi connectivity index (χ1n) is 6.73. The average molecular weight is 448 g/mol. The van der Waals surface area contributed by atoms with Gasteiger partial charge in [-0.2, -0.15) is 0 Å². The molecule has 0 aromatic heterocycles. The van der Waals surface area contributed by atoms with Crippen LogP contribution in [0.5, 0.6) is 0 Å². The maximum absolute atomic E-state index is 6.15. The lowest BCUT2D eigenvalue weighted by Crippen LogP contribution is -2.24. The lowest BCUT2D eigenvalue weighted by atomic mass is 10.0. The molecule has 110 valence electrons. The van der Waals surface area contributed by atoms with Gasteiger partial charge in [0.25, 0.3) is 0 Å². The van der Waals surface area contributed by atoms with E-state index in [9.17, 15) is 0 Å². The van der Waals surface area contributed by atoms with Crippen molar-refractivity contribution in [1.82, 2.24) is 5.32 Å². The molecule has 0 spiro atoms. The smallest absolute Gasteiger partial charge is 0.0410 e. The summed E-state index contributed by atoms with van der Waals surface area (Å²) in [5, 5.41) is 4.47. The normalized spacial score (nSPS) is 17.6. The Kier molecular flexibility index (Phi) is 5.33. The van der Waals surface area contributed by atoms with Gasteiger partial charge in [0.05, 0.1) is 0 Å². The molecule has 0 amide bonds. The van der Waals surface area contributed by atoms with E-state index in [2.05, 4.69) is 67.5 Å². The Labute approximate surface area is 151 Å². The first kappa shape index (κ1) is 15.9. The Hall–Kier alpha value is -0.000000000000000111. The van der Waals surface area contributed by atoms with Gasteiger partial charge in [-0.05, 0) is 85.5 Å². The fourth-order valence-electron chi connectivity index (χ4n) is 2.47. The van der Waals surface area contributed by atoms with Crippen molar-refractivity contribution in [2.24, 2.45) is 0 Å². The fourth-order valence-corrected chi connectivity index (χ4v) is 4.43. The number of benzene rings is 2. The van der Waals surface area contributed by atoms with Gasteiger partial charge in [-0.1, -0.05) is 17.7 Å². The minimum atomic E-state index is 0.377. The molecule has 0 saturated heterocycles. The highest BCUT2D eigenvalue weighted by atomic mass is 79.9. The van der Waals surface area contributed by atoms with Crippen LogP contribution in [0.3, 0.4) is 0 Å². The van der Waals surface area contributed by atoms with Gasteiger partial charge in [0.15, 0.2) is 0 Å². The molecule has 2 aromatic carbocycles. The standard InChI is InChI=1S/C16H14Br2ClNS/c17-13-3-1-10(7-14(13)18)9-20-15-5-6-21-16-4-2-11(19)8-12(15)16/h1-4,7-8,15,20H,5-6,9H2. The average Bonchev–Trinajstić information content (AvgIpc) is 2.48. The summed E-state index contributed by atoms with van der Waals surface area (Å²) < 4.78 is 2.17. The number of hydrogen-bond acceptors (Lipinski definition) is 2. The lowest BCUT2D eigenvalue weighted by molar-refractivity contribution is 0.510. The van der Waals surface area contributed by atoms with E-state index in [1.54, 1.807) is 0 Å². The highest BCUT2D eigenvalue weighted by molar-refractivity contribution is 9.13. The summed E-state index contributed by atoms with van der Waals surface area (Å²) in [6, 6.07) is 12.9. The Morgan fingerprint density at radius 2 is 2.00 bits per heavy atom. The monoisotopic (exact) mass is 445 g/mol. The zero-order valence-corrected chi connectivity index (χ0v) is 15.9. The van der Waals surface area contributed by atoms with Crippen LogP contribution in [0.4, 0.5) is 0 Å². The molecule has 3 rings (SSSR count). The topological polar surface area (TPSA) is 12.0 Å². The quantitative estimate of drug-likeness (QED) is 0.602. The molecule has 1 aliphatic rings. The minimum Gasteiger partial charge on any atom is -0.306 e. The number of nitrogens with one attached hydrogen (secondary N) is 1. The minimum absolute atomic E-state index is 0.377. The third-order valence-corrected chi connectivity index (χ3v) is 6.79. The summed E-state index contributed by atoms with van der Waals surface area (Å²) >= 11 is 15.1. The second kappa shape index (κ2) is 7.05. The molecule has 1 heterocycles. The van der Waals surface area contributed by atoms with Crippen LogP contribution < -0.4 is 5.32 Å². The van der Waals surface area contributed by atoms with E-state index in [0.29, 0.717) is 6.04 Å². The van der Waals surface area contributed by atoms with Gasteiger partial charge in [-0.15, -0.1) is 11.8 Å². The van der Waals surface area contributed by atoms with Gasteiger partial charge >= 0.3 is 0 Å². The number of thioether (sulfide) groups is 1. The molecule has 21 heavy (non-hydrogen) atoms. The number of halogens is 3. The molecule has 1 atom stereocenters. The van der Waals surface area contributed by atoms with Crippen molar-refractivity contribution < 1.29 is 0 Å². The van der Waals surface area contributed by atoms with Crippen LogP contribution in [0.25, 0.3) is 0 Å². The first-order chi connectivity index (χ1) is 10.1. The van der Waals surface area contributed by atoms with Crippen LogP contribution in [0.1, 0.15) is 23.6 Å². The van der Waals surface area contributed by atoms with Gasteiger partial charge in [0.2, 0.25) is 0 Å². The molecular weight excluding hydrogens is 434 g/mol. The molecule has 0 radical (unpaired) electrons. The highest BCUT2D eigenvalue weighted by Crippen LogP contribution is 2.37. The first-order valence-corrected chi connectivity index (χ1v) is 9.68. The van der Waals surface area contributed by atoms with Crippen LogP contribution in [0.15, 0.2) is 50.2 Å².